The number of rotatable bonds is 3. The number of allylic oxidation sites excluding steroid dienone is 1. The second-order valence-electron chi connectivity index (χ2n) is 3.51. The first kappa shape index (κ1) is 12.5. The number of ether oxygens (including phenoxy) is 1. The smallest absolute Gasteiger partial charge is 0.407 e. The van der Waals surface area contributed by atoms with Gasteiger partial charge in [-0.25, -0.2) is 4.79 Å². The van der Waals surface area contributed by atoms with Gasteiger partial charge in [-0.2, -0.15) is 0 Å². The van der Waals surface area contributed by atoms with E-state index in [-0.39, 0.29) is 6.09 Å². The SMILES string of the molecule is CC(C)(C)OC(=O)NC/C=C\CBr. The van der Waals surface area contributed by atoms with E-state index in [9.17, 15) is 4.79 Å². The van der Waals surface area contributed by atoms with Gasteiger partial charge in [0.2, 0.25) is 0 Å². The third kappa shape index (κ3) is 9.40. The molecule has 0 saturated heterocycles. The highest BCUT2D eigenvalue weighted by molar-refractivity contribution is 9.09. The van der Waals surface area contributed by atoms with Gasteiger partial charge in [-0.1, -0.05) is 28.1 Å². The summed E-state index contributed by atoms with van der Waals surface area (Å²) in [6.45, 7) is 6.00. The van der Waals surface area contributed by atoms with Gasteiger partial charge in [-0.15, -0.1) is 0 Å². The molecule has 0 aromatic heterocycles. The highest BCUT2D eigenvalue weighted by Crippen LogP contribution is 2.05. The van der Waals surface area contributed by atoms with Crippen molar-refractivity contribution in [3.63, 3.8) is 0 Å². The number of hydrogen-bond donors (Lipinski definition) is 1. The molecule has 0 aliphatic heterocycles. The van der Waals surface area contributed by atoms with Crippen LogP contribution in [-0.2, 0) is 4.74 Å². The molecule has 3 nitrogen and oxygen atoms in total. The van der Waals surface area contributed by atoms with Crippen molar-refractivity contribution >= 4 is 22.0 Å². The second kappa shape index (κ2) is 6.02. The second-order valence-corrected chi connectivity index (χ2v) is 4.16. The van der Waals surface area contributed by atoms with E-state index in [1.54, 1.807) is 0 Å². The number of carbonyl (C=O) groups excluding carboxylic acids is 1. The highest BCUT2D eigenvalue weighted by Gasteiger charge is 2.14. The van der Waals surface area contributed by atoms with Crippen LogP contribution < -0.4 is 5.32 Å². The summed E-state index contributed by atoms with van der Waals surface area (Å²) in [5.41, 5.74) is -0.427. The molecule has 0 spiro atoms. The Morgan fingerprint density at radius 1 is 1.46 bits per heavy atom. The standard InChI is InChI=1S/C9H16BrNO2/c1-9(2,3)13-8(12)11-7-5-4-6-10/h4-5H,6-7H2,1-3H3,(H,11,12)/b5-4-. The molecule has 76 valence electrons. The molecular weight excluding hydrogens is 234 g/mol. The quantitative estimate of drug-likeness (QED) is 0.617. The molecule has 1 N–H and O–H groups in total. The average molecular weight is 250 g/mol. The van der Waals surface area contributed by atoms with E-state index in [4.69, 9.17) is 4.74 Å². The minimum Gasteiger partial charge on any atom is -0.444 e. The maximum atomic E-state index is 11.0. The van der Waals surface area contributed by atoms with Crippen LogP contribution in [0.5, 0.6) is 0 Å². The van der Waals surface area contributed by atoms with Gasteiger partial charge < -0.3 is 10.1 Å². The number of hydrogen-bond acceptors (Lipinski definition) is 2. The highest BCUT2D eigenvalue weighted by atomic mass is 79.9. The lowest BCUT2D eigenvalue weighted by molar-refractivity contribution is 0.0534. The molecule has 13 heavy (non-hydrogen) atoms. The van der Waals surface area contributed by atoms with Gasteiger partial charge >= 0.3 is 6.09 Å². The molecule has 0 bridgehead atoms. The van der Waals surface area contributed by atoms with Crippen LogP contribution in [0.1, 0.15) is 20.8 Å². The number of nitrogens with one attached hydrogen (secondary N) is 1. The third-order valence-corrected chi connectivity index (χ3v) is 1.39. The van der Waals surface area contributed by atoms with Gasteiger partial charge in [-0.3, -0.25) is 0 Å². The summed E-state index contributed by atoms with van der Waals surface area (Å²) in [5.74, 6) is 0. The van der Waals surface area contributed by atoms with Crippen molar-refractivity contribution in [1.29, 1.82) is 0 Å². The Morgan fingerprint density at radius 2 is 2.08 bits per heavy atom. The molecule has 0 unspecified atom stereocenters. The van der Waals surface area contributed by atoms with Crippen molar-refractivity contribution in [3.8, 4) is 0 Å². The van der Waals surface area contributed by atoms with Crippen LogP contribution >= 0.6 is 15.9 Å². The Hall–Kier alpha value is -0.510. The van der Waals surface area contributed by atoms with Crippen LogP contribution in [0.3, 0.4) is 0 Å². The van der Waals surface area contributed by atoms with E-state index < -0.39 is 5.60 Å². The molecule has 0 atom stereocenters. The normalized spacial score (nSPS) is 11.7. The lowest BCUT2D eigenvalue weighted by Gasteiger charge is -2.19. The van der Waals surface area contributed by atoms with E-state index in [0.717, 1.165) is 5.33 Å². The monoisotopic (exact) mass is 249 g/mol. The zero-order valence-electron chi connectivity index (χ0n) is 8.26. The number of amides is 1. The van der Waals surface area contributed by atoms with Gasteiger partial charge in [-0.05, 0) is 20.8 Å². The van der Waals surface area contributed by atoms with E-state index >= 15 is 0 Å². The van der Waals surface area contributed by atoms with Gasteiger partial charge in [0.1, 0.15) is 5.60 Å². The lowest BCUT2D eigenvalue weighted by atomic mass is 10.2. The van der Waals surface area contributed by atoms with Gasteiger partial charge in [0, 0.05) is 11.9 Å². The van der Waals surface area contributed by atoms with Crippen LogP contribution in [0.2, 0.25) is 0 Å². The first-order valence-electron chi connectivity index (χ1n) is 4.13. The van der Waals surface area contributed by atoms with E-state index in [0.29, 0.717) is 6.54 Å². The topological polar surface area (TPSA) is 38.3 Å². The zero-order chi connectivity index (χ0) is 10.3. The summed E-state index contributed by atoms with van der Waals surface area (Å²) in [4.78, 5) is 11.0. The van der Waals surface area contributed by atoms with Crippen molar-refractivity contribution in [2.45, 2.75) is 26.4 Å². The molecule has 0 radical (unpaired) electrons. The van der Waals surface area contributed by atoms with Gasteiger partial charge in [0.05, 0.1) is 0 Å². The van der Waals surface area contributed by atoms with Crippen LogP contribution in [-0.4, -0.2) is 23.6 Å². The van der Waals surface area contributed by atoms with Crippen LogP contribution in [0.15, 0.2) is 12.2 Å². The van der Waals surface area contributed by atoms with E-state index in [1.165, 1.54) is 0 Å². The summed E-state index contributed by atoms with van der Waals surface area (Å²) in [6, 6.07) is 0. The van der Waals surface area contributed by atoms with Gasteiger partial charge in [0.15, 0.2) is 0 Å². The summed E-state index contributed by atoms with van der Waals surface area (Å²) < 4.78 is 5.02. The molecule has 1 amide bonds. The molecular formula is C9H16BrNO2. The van der Waals surface area contributed by atoms with Gasteiger partial charge in [0.25, 0.3) is 0 Å². The third-order valence-electron chi connectivity index (χ3n) is 1.02. The molecule has 0 aliphatic rings. The summed E-state index contributed by atoms with van der Waals surface area (Å²) in [6.07, 6.45) is 3.39. The summed E-state index contributed by atoms with van der Waals surface area (Å²) in [7, 11) is 0. The Morgan fingerprint density at radius 3 is 2.54 bits per heavy atom. The van der Waals surface area contributed by atoms with E-state index in [1.807, 2.05) is 32.9 Å². The Bertz CT molecular complexity index is 185. The summed E-state index contributed by atoms with van der Waals surface area (Å²) in [5, 5.41) is 3.40. The molecule has 0 fully saturated rings. The predicted molar refractivity (Wildman–Crippen MR) is 57.2 cm³/mol. The van der Waals surface area contributed by atoms with E-state index in [2.05, 4.69) is 21.2 Å². The Labute approximate surface area is 87.7 Å². The Kier molecular flexibility index (Phi) is 5.79. The molecule has 0 heterocycles. The molecule has 0 aliphatic carbocycles. The van der Waals surface area contributed by atoms with Crippen molar-refractivity contribution in [1.82, 2.24) is 5.32 Å². The maximum absolute atomic E-state index is 11.0. The van der Waals surface area contributed by atoms with Crippen LogP contribution in [0, 0.1) is 0 Å². The van der Waals surface area contributed by atoms with Crippen molar-refractivity contribution in [2.75, 3.05) is 11.9 Å². The molecule has 4 heteroatoms. The fraction of sp³-hybridized carbons (Fsp3) is 0.667. The lowest BCUT2D eigenvalue weighted by Crippen LogP contribution is -2.32. The van der Waals surface area contributed by atoms with Crippen LogP contribution in [0.25, 0.3) is 0 Å². The average Bonchev–Trinajstić information content (AvgIpc) is 1.94. The van der Waals surface area contributed by atoms with Crippen molar-refractivity contribution in [2.24, 2.45) is 0 Å². The summed E-state index contributed by atoms with van der Waals surface area (Å²) >= 11 is 3.23. The molecule has 0 aromatic carbocycles. The minimum absolute atomic E-state index is 0.383. The number of carbonyl (C=O) groups is 1. The Balaban J connectivity index is 3.58. The minimum atomic E-state index is -0.427. The predicted octanol–water partition coefficient (Wildman–Crippen LogP) is 2.46. The largest absolute Gasteiger partial charge is 0.444 e. The van der Waals surface area contributed by atoms with Crippen molar-refractivity contribution in [3.05, 3.63) is 12.2 Å². The fourth-order valence-electron chi connectivity index (χ4n) is 0.603. The first-order valence-corrected chi connectivity index (χ1v) is 5.25. The molecule has 0 rings (SSSR count). The fourth-order valence-corrected chi connectivity index (χ4v) is 0.867. The van der Waals surface area contributed by atoms with Crippen LogP contribution in [0.4, 0.5) is 4.79 Å². The molecule has 0 aromatic rings. The first-order chi connectivity index (χ1) is 5.95. The number of halogens is 1. The molecule has 0 saturated carbocycles. The maximum Gasteiger partial charge on any atom is 0.407 e. The number of alkyl carbamates (subject to hydrolysis) is 1. The zero-order valence-corrected chi connectivity index (χ0v) is 9.85. The number of alkyl halides is 1. The van der Waals surface area contributed by atoms with Crippen molar-refractivity contribution < 1.29 is 9.53 Å².